The SMILES string of the molecule is c1ccc([C@@H]2C[C@@H]3C[C@H]2[C@@H]2CN(c4ccccc4)C[C@H]32)cc1. The minimum Gasteiger partial charge on any atom is -0.371 e. The van der Waals surface area contributed by atoms with E-state index in [1.54, 1.807) is 5.56 Å². The van der Waals surface area contributed by atoms with Gasteiger partial charge in [-0.2, -0.15) is 0 Å². The Morgan fingerprint density at radius 3 is 2.14 bits per heavy atom. The van der Waals surface area contributed by atoms with Crippen LogP contribution in [0.15, 0.2) is 60.7 Å². The van der Waals surface area contributed by atoms with Gasteiger partial charge in [0.1, 0.15) is 0 Å². The number of rotatable bonds is 2. The standard InChI is InChI=1S/C21H23N/c1-3-7-15(8-4-1)18-11-16-12-19(18)21-14-22(13-20(16)21)17-9-5-2-6-10-17/h1-10,16,18-21H,11-14H2/t16-,18+,19-,20-,21+/m1/s1. The zero-order chi connectivity index (χ0) is 14.5. The lowest BCUT2D eigenvalue weighted by molar-refractivity contribution is 0.251. The summed E-state index contributed by atoms with van der Waals surface area (Å²) in [5.41, 5.74) is 3.01. The summed E-state index contributed by atoms with van der Waals surface area (Å²) in [6.07, 6.45) is 2.91. The van der Waals surface area contributed by atoms with Crippen LogP contribution < -0.4 is 4.90 Å². The Hall–Kier alpha value is -1.76. The molecule has 0 N–H and O–H groups in total. The van der Waals surface area contributed by atoms with Crippen molar-refractivity contribution in [1.29, 1.82) is 0 Å². The Morgan fingerprint density at radius 1 is 0.682 bits per heavy atom. The fraction of sp³-hybridized carbons (Fsp3) is 0.429. The molecule has 3 fully saturated rings. The van der Waals surface area contributed by atoms with Gasteiger partial charge in [0.15, 0.2) is 0 Å². The molecule has 1 aliphatic heterocycles. The molecule has 1 nitrogen and oxygen atoms in total. The number of para-hydroxylation sites is 1. The molecule has 2 aromatic carbocycles. The molecule has 2 aliphatic carbocycles. The highest BCUT2D eigenvalue weighted by atomic mass is 15.2. The average Bonchev–Trinajstić information content (AvgIpc) is 3.28. The second-order valence-corrected chi connectivity index (χ2v) is 7.48. The normalized spacial score (nSPS) is 35.8. The zero-order valence-corrected chi connectivity index (χ0v) is 12.9. The first kappa shape index (κ1) is 12.8. The minimum atomic E-state index is 0.822. The van der Waals surface area contributed by atoms with Crippen LogP contribution in [0.25, 0.3) is 0 Å². The molecule has 0 spiro atoms. The first-order valence-electron chi connectivity index (χ1n) is 8.75. The summed E-state index contributed by atoms with van der Waals surface area (Å²) in [5, 5.41) is 0. The number of fused-ring (bicyclic) bond motifs is 5. The molecule has 0 unspecified atom stereocenters. The smallest absolute Gasteiger partial charge is 0.0366 e. The van der Waals surface area contributed by atoms with Gasteiger partial charge in [-0.25, -0.2) is 0 Å². The molecule has 0 amide bonds. The Bertz CT molecular complexity index is 650. The van der Waals surface area contributed by atoms with Crippen LogP contribution in [0.1, 0.15) is 24.3 Å². The Kier molecular flexibility index (Phi) is 2.82. The van der Waals surface area contributed by atoms with Gasteiger partial charge < -0.3 is 4.90 Å². The van der Waals surface area contributed by atoms with Crippen molar-refractivity contribution in [1.82, 2.24) is 0 Å². The Balaban J connectivity index is 1.39. The topological polar surface area (TPSA) is 3.24 Å². The maximum absolute atomic E-state index is 2.64. The van der Waals surface area contributed by atoms with E-state index in [0.29, 0.717) is 0 Å². The first-order valence-corrected chi connectivity index (χ1v) is 8.75. The molecular weight excluding hydrogens is 266 g/mol. The molecule has 2 saturated carbocycles. The Labute approximate surface area is 133 Å². The quantitative estimate of drug-likeness (QED) is 0.783. The van der Waals surface area contributed by atoms with Crippen molar-refractivity contribution in [2.75, 3.05) is 18.0 Å². The van der Waals surface area contributed by atoms with Gasteiger partial charge in [-0.3, -0.25) is 0 Å². The van der Waals surface area contributed by atoms with Crippen LogP contribution in [-0.2, 0) is 0 Å². The lowest BCUT2D eigenvalue weighted by atomic mass is 9.73. The number of hydrogen-bond acceptors (Lipinski definition) is 1. The number of anilines is 1. The molecule has 112 valence electrons. The van der Waals surface area contributed by atoms with Crippen LogP contribution in [0.3, 0.4) is 0 Å². The van der Waals surface area contributed by atoms with E-state index in [9.17, 15) is 0 Å². The first-order chi connectivity index (χ1) is 10.9. The van der Waals surface area contributed by atoms with Crippen LogP contribution in [0, 0.1) is 23.7 Å². The van der Waals surface area contributed by atoms with E-state index in [1.165, 1.54) is 31.6 Å². The van der Waals surface area contributed by atoms with Gasteiger partial charge in [-0.15, -0.1) is 0 Å². The van der Waals surface area contributed by atoms with Crippen molar-refractivity contribution < 1.29 is 0 Å². The summed E-state index contributed by atoms with van der Waals surface area (Å²) >= 11 is 0. The van der Waals surface area contributed by atoms with E-state index in [0.717, 1.165) is 29.6 Å². The summed E-state index contributed by atoms with van der Waals surface area (Å²) in [6.45, 7) is 2.57. The van der Waals surface area contributed by atoms with Gasteiger partial charge in [-0.05, 0) is 60.1 Å². The largest absolute Gasteiger partial charge is 0.371 e. The summed E-state index contributed by atoms with van der Waals surface area (Å²) in [7, 11) is 0. The zero-order valence-electron chi connectivity index (χ0n) is 12.9. The maximum Gasteiger partial charge on any atom is 0.0366 e. The predicted octanol–water partition coefficient (Wildman–Crippen LogP) is 4.56. The molecule has 1 saturated heterocycles. The summed E-state index contributed by atoms with van der Waals surface area (Å²) in [6, 6.07) is 22.3. The van der Waals surface area contributed by atoms with Crippen LogP contribution >= 0.6 is 0 Å². The van der Waals surface area contributed by atoms with Crippen LogP contribution in [0.4, 0.5) is 5.69 Å². The molecule has 5 atom stereocenters. The fourth-order valence-electron chi connectivity index (χ4n) is 5.67. The molecule has 3 aliphatic rings. The van der Waals surface area contributed by atoms with Crippen molar-refractivity contribution in [2.45, 2.75) is 18.8 Å². The van der Waals surface area contributed by atoms with Gasteiger partial charge in [0.25, 0.3) is 0 Å². The van der Waals surface area contributed by atoms with Crippen molar-refractivity contribution in [2.24, 2.45) is 23.7 Å². The van der Waals surface area contributed by atoms with Crippen LogP contribution in [0.2, 0.25) is 0 Å². The summed E-state index contributed by atoms with van der Waals surface area (Å²) in [4.78, 5) is 2.64. The molecular formula is C21H23N. The van der Waals surface area contributed by atoms with Crippen molar-refractivity contribution in [3.63, 3.8) is 0 Å². The summed E-state index contributed by atoms with van der Waals surface area (Å²) < 4.78 is 0. The van der Waals surface area contributed by atoms with E-state index in [4.69, 9.17) is 0 Å². The monoisotopic (exact) mass is 289 g/mol. The van der Waals surface area contributed by atoms with Gasteiger partial charge in [0.05, 0.1) is 0 Å². The maximum atomic E-state index is 2.64. The third-order valence-electron chi connectivity index (χ3n) is 6.57. The van der Waals surface area contributed by atoms with Gasteiger partial charge in [0.2, 0.25) is 0 Å². The fourth-order valence-corrected chi connectivity index (χ4v) is 5.67. The van der Waals surface area contributed by atoms with Gasteiger partial charge >= 0.3 is 0 Å². The highest BCUT2D eigenvalue weighted by Gasteiger charge is 2.55. The predicted molar refractivity (Wildman–Crippen MR) is 91.0 cm³/mol. The highest BCUT2D eigenvalue weighted by Crippen LogP contribution is 2.61. The third-order valence-corrected chi connectivity index (χ3v) is 6.57. The molecule has 1 heteroatoms. The van der Waals surface area contributed by atoms with E-state index in [2.05, 4.69) is 65.6 Å². The minimum absolute atomic E-state index is 0.822. The van der Waals surface area contributed by atoms with Gasteiger partial charge in [0, 0.05) is 18.8 Å². The number of nitrogens with zero attached hydrogens (tertiary/aromatic N) is 1. The Morgan fingerprint density at radius 2 is 1.36 bits per heavy atom. The summed E-state index contributed by atoms with van der Waals surface area (Å²) in [5.74, 6) is 4.58. The van der Waals surface area contributed by atoms with Crippen molar-refractivity contribution >= 4 is 5.69 Å². The van der Waals surface area contributed by atoms with E-state index in [1.807, 2.05) is 0 Å². The van der Waals surface area contributed by atoms with Crippen LogP contribution in [0.5, 0.6) is 0 Å². The molecule has 2 aromatic rings. The second kappa shape index (κ2) is 4.87. The van der Waals surface area contributed by atoms with Gasteiger partial charge in [-0.1, -0.05) is 48.5 Å². The van der Waals surface area contributed by atoms with Crippen LogP contribution in [-0.4, -0.2) is 13.1 Å². The lowest BCUT2D eigenvalue weighted by Crippen LogP contribution is -2.25. The second-order valence-electron chi connectivity index (χ2n) is 7.48. The van der Waals surface area contributed by atoms with Crippen molar-refractivity contribution in [3.8, 4) is 0 Å². The van der Waals surface area contributed by atoms with E-state index in [-0.39, 0.29) is 0 Å². The van der Waals surface area contributed by atoms with Crippen molar-refractivity contribution in [3.05, 3.63) is 66.2 Å². The molecule has 5 rings (SSSR count). The molecule has 1 heterocycles. The molecule has 0 aromatic heterocycles. The lowest BCUT2D eigenvalue weighted by Gasteiger charge is -2.30. The average molecular weight is 289 g/mol. The van der Waals surface area contributed by atoms with E-state index >= 15 is 0 Å². The van der Waals surface area contributed by atoms with E-state index < -0.39 is 0 Å². The number of hydrogen-bond donors (Lipinski definition) is 0. The molecule has 0 radical (unpaired) electrons. The molecule has 22 heavy (non-hydrogen) atoms. The number of benzene rings is 2. The molecule has 2 bridgehead atoms. The third kappa shape index (κ3) is 1.84. The highest BCUT2D eigenvalue weighted by molar-refractivity contribution is 5.48.